The highest BCUT2D eigenvalue weighted by atomic mass is 16.2. The Hall–Kier alpha value is -2.04. The zero-order valence-electron chi connectivity index (χ0n) is 9.93. The first-order chi connectivity index (χ1) is 7.99. The van der Waals surface area contributed by atoms with Crippen LogP contribution in [0.3, 0.4) is 0 Å². The van der Waals surface area contributed by atoms with E-state index < -0.39 is 0 Å². The van der Waals surface area contributed by atoms with Crippen LogP contribution >= 0.6 is 0 Å². The lowest BCUT2D eigenvalue weighted by Gasteiger charge is -2.17. The number of rotatable bonds is 2. The Kier molecular flexibility index (Phi) is 2.75. The maximum absolute atomic E-state index is 12.0. The first-order valence-corrected chi connectivity index (χ1v) is 5.37. The van der Waals surface area contributed by atoms with Crippen molar-refractivity contribution in [2.45, 2.75) is 6.54 Å². The third-order valence-corrected chi connectivity index (χ3v) is 2.84. The van der Waals surface area contributed by atoms with E-state index in [4.69, 9.17) is 5.73 Å². The Morgan fingerprint density at radius 2 is 2.18 bits per heavy atom. The smallest absolute Gasteiger partial charge is 0.255 e. The van der Waals surface area contributed by atoms with Gasteiger partial charge in [-0.1, -0.05) is 6.07 Å². The number of nitrogens with zero attached hydrogens (tertiary/aromatic N) is 2. The van der Waals surface area contributed by atoms with Crippen molar-refractivity contribution in [3.63, 3.8) is 0 Å². The molecule has 90 valence electrons. The molecular formula is C12H15N3O2. The molecule has 0 radical (unpaired) electrons. The molecule has 0 fully saturated rings. The molecule has 1 aromatic rings. The van der Waals surface area contributed by atoms with Gasteiger partial charge >= 0.3 is 0 Å². The van der Waals surface area contributed by atoms with Crippen LogP contribution in [-0.2, 0) is 11.3 Å². The van der Waals surface area contributed by atoms with E-state index >= 15 is 0 Å². The van der Waals surface area contributed by atoms with Crippen molar-refractivity contribution >= 4 is 17.5 Å². The molecule has 0 aromatic heterocycles. The van der Waals surface area contributed by atoms with Crippen molar-refractivity contribution in [2.24, 2.45) is 0 Å². The normalized spacial score (nSPS) is 13.8. The van der Waals surface area contributed by atoms with Crippen molar-refractivity contribution in [3.8, 4) is 0 Å². The molecule has 0 atom stereocenters. The van der Waals surface area contributed by atoms with Crippen LogP contribution in [0.15, 0.2) is 18.2 Å². The first kappa shape index (κ1) is 11.4. The van der Waals surface area contributed by atoms with Crippen molar-refractivity contribution in [1.29, 1.82) is 0 Å². The van der Waals surface area contributed by atoms with E-state index in [1.807, 2.05) is 6.07 Å². The van der Waals surface area contributed by atoms with Gasteiger partial charge in [0, 0.05) is 31.9 Å². The molecule has 2 N–H and O–H groups in total. The zero-order valence-corrected chi connectivity index (χ0v) is 9.93. The van der Waals surface area contributed by atoms with E-state index in [1.54, 1.807) is 26.2 Å². The van der Waals surface area contributed by atoms with Crippen LogP contribution in [-0.4, -0.2) is 42.3 Å². The maximum atomic E-state index is 12.0. The first-order valence-electron chi connectivity index (χ1n) is 5.37. The number of amides is 2. The minimum atomic E-state index is -0.123. The number of nitrogens with two attached hydrogens (primary N) is 1. The molecule has 1 aliphatic rings. The van der Waals surface area contributed by atoms with Gasteiger partial charge in [-0.15, -0.1) is 0 Å². The van der Waals surface area contributed by atoms with Crippen molar-refractivity contribution in [2.75, 3.05) is 26.4 Å². The molecule has 0 unspecified atom stereocenters. The van der Waals surface area contributed by atoms with Gasteiger partial charge in [0.1, 0.15) is 6.54 Å². The SMILES string of the molecule is CN(C)C(=O)CN1Cc2ccc(N)cc2C1=O. The second-order valence-corrected chi connectivity index (χ2v) is 4.37. The van der Waals surface area contributed by atoms with Gasteiger partial charge in [-0.3, -0.25) is 9.59 Å². The fourth-order valence-corrected chi connectivity index (χ4v) is 1.81. The van der Waals surface area contributed by atoms with Gasteiger partial charge in [0.2, 0.25) is 5.91 Å². The lowest BCUT2D eigenvalue weighted by Crippen LogP contribution is -2.36. The Morgan fingerprint density at radius 1 is 1.47 bits per heavy atom. The zero-order chi connectivity index (χ0) is 12.6. The van der Waals surface area contributed by atoms with Gasteiger partial charge in [-0.2, -0.15) is 0 Å². The molecule has 2 amide bonds. The number of carbonyl (C=O) groups is 2. The highest BCUT2D eigenvalue weighted by Gasteiger charge is 2.28. The summed E-state index contributed by atoms with van der Waals surface area (Å²) in [6, 6.07) is 5.27. The van der Waals surface area contributed by atoms with Crippen LogP contribution < -0.4 is 5.73 Å². The largest absolute Gasteiger partial charge is 0.399 e. The van der Waals surface area contributed by atoms with Crippen molar-refractivity contribution in [3.05, 3.63) is 29.3 Å². The van der Waals surface area contributed by atoms with Crippen molar-refractivity contribution < 1.29 is 9.59 Å². The Bertz CT molecular complexity index is 483. The molecule has 1 heterocycles. The summed E-state index contributed by atoms with van der Waals surface area (Å²) in [7, 11) is 3.35. The van der Waals surface area contributed by atoms with E-state index in [0.29, 0.717) is 17.8 Å². The number of fused-ring (bicyclic) bond motifs is 1. The molecule has 5 heteroatoms. The van der Waals surface area contributed by atoms with Crippen LogP contribution in [0.2, 0.25) is 0 Å². The van der Waals surface area contributed by atoms with Gasteiger partial charge in [0.05, 0.1) is 0 Å². The number of hydrogen-bond acceptors (Lipinski definition) is 3. The Morgan fingerprint density at radius 3 is 2.82 bits per heavy atom. The second kappa shape index (κ2) is 4.08. The fourth-order valence-electron chi connectivity index (χ4n) is 1.81. The molecule has 17 heavy (non-hydrogen) atoms. The van der Waals surface area contributed by atoms with E-state index in [9.17, 15) is 9.59 Å². The number of likely N-dealkylation sites (N-methyl/N-ethyl adjacent to an activating group) is 1. The second-order valence-electron chi connectivity index (χ2n) is 4.37. The van der Waals surface area contributed by atoms with Gasteiger partial charge in [-0.05, 0) is 17.7 Å². The summed E-state index contributed by atoms with van der Waals surface area (Å²) < 4.78 is 0. The molecule has 0 aliphatic carbocycles. The summed E-state index contributed by atoms with van der Waals surface area (Å²) in [5.74, 6) is -0.207. The standard InChI is InChI=1S/C12H15N3O2/c1-14(2)11(16)7-15-6-8-3-4-9(13)5-10(8)12(15)17/h3-5H,6-7,13H2,1-2H3. The van der Waals surface area contributed by atoms with Crippen LogP contribution in [0.4, 0.5) is 5.69 Å². The molecule has 0 bridgehead atoms. The summed E-state index contributed by atoms with van der Waals surface area (Å²) in [5.41, 5.74) is 7.74. The van der Waals surface area contributed by atoms with Crippen LogP contribution in [0.1, 0.15) is 15.9 Å². The molecule has 2 rings (SSSR count). The number of nitrogen functional groups attached to an aromatic ring is 1. The summed E-state index contributed by atoms with van der Waals surface area (Å²) in [5, 5.41) is 0. The Labute approximate surface area is 99.8 Å². The van der Waals surface area contributed by atoms with Crippen LogP contribution in [0, 0.1) is 0 Å². The maximum Gasteiger partial charge on any atom is 0.255 e. The van der Waals surface area contributed by atoms with Gasteiger partial charge < -0.3 is 15.5 Å². The summed E-state index contributed by atoms with van der Waals surface area (Å²) in [6.07, 6.45) is 0. The van der Waals surface area contributed by atoms with Crippen LogP contribution in [0.25, 0.3) is 0 Å². The van der Waals surface area contributed by atoms with Crippen LogP contribution in [0.5, 0.6) is 0 Å². The van der Waals surface area contributed by atoms with E-state index in [1.165, 1.54) is 9.80 Å². The highest BCUT2D eigenvalue weighted by molar-refractivity contribution is 6.00. The van der Waals surface area contributed by atoms with E-state index in [0.717, 1.165) is 5.56 Å². The molecule has 0 saturated heterocycles. The number of carbonyl (C=O) groups excluding carboxylic acids is 2. The Balaban J connectivity index is 2.17. The predicted octanol–water partition coefficient (Wildman–Crippen LogP) is 0.313. The predicted molar refractivity (Wildman–Crippen MR) is 64.3 cm³/mol. The topological polar surface area (TPSA) is 66.6 Å². The lowest BCUT2D eigenvalue weighted by atomic mass is 10.1. The molecule has 0 saturated carbocycles. The average molecular weight is 233 g/mol. The van der Waals surface area contributed by atoms with E-state index in [-0.39, 0.29) is 18.4 Å². The quantitative estimate of drug-likeness (QED) is 0.748. The monoisotopic (exact) mass is 233 g/mol. The third kappa shape index (κ3) is 2.08. The number of hydrogen-bond donors (Lipinski definition) is 1. The summed E-state index contributed by atoms with van der Waals surface area (Å²) in [6.45, 7) is 0.592. The molecule has 0 spiro atoms. The van der Waals surface area contributed by atoms with E-state index in [2.05, 4.69) is 0 Å². The highest BCUT2D eigenvalue weighted by Crippen LogP contribution is 2.24. The van der Waals surface area contributed by atoms with Gasteiger partial charge in [0.25, 0.3) is 5.91 Å². The number of benzene rings is 1. The minimum absolute atomic E-state index is 0.0841. The molecular weight excluding hydrogens is 218 g/mol. The molecule has 5 nitrogen and oxygen atoms in total. The third-order valence-electron chi connectivity index (χ3n) is 2.84. The summed E-state index contributed by atoms with van der Waals surface area (Å²) in [4.78, 5) is 26.6. The average Bonchev–Trinajstić information content (AvgIpc) is 2.56. The van der Waals surface area contributed by atoms with Crippen molar-refractivity contribution in [1.82, 2.24) is 9.80 Å². The number of anilines is 1. The fraction of sp³-hybridized carbons (Fsp3) is 0.333. The lowest BCUT2D eigenvalue weighted by molar-refractivity contribution is -0.129. The van der Waals surface area contributed by atoms with Gasteiger partial charge in [0.15, 0.2) is 0 Å². The molecule has 1 aliphatic heterocycles. The summed E-state index contributed by atoms with van der Waals surface area (Å²) >= 11 is 0. The van der Waals surface area contributed by atoms with Gasteiger partial charge in [-0.25, -0.2) is 0 Å². The minimum Gasteiger partial charge on any atom is -0.399 e. The molecule has 1 aromatic carbocycles.